The first-order valence-corrected chi connectivity index (χ1v) is 12.1. The van der Waals surface area contributed by atoms with Gasteiger partial charge >= 0.3 is 0 Å². The zero-order valence-corrected chi connectivity index (χ0v) is 20.7. The number of benzene rings is 2. The van der Waals surface area contributed by atoms with Crippen molar-refractivity contribution >= 4 is 22.7 Å². The summed E-state index contributed by atoms with van der Waals surface area (Å²) < 4.78 is 5.19. The molecule has 2 heterocycles. The van der Waals surface area contributed by atoms with Crippen LogP contribution in [0.25, 0.3) is 10.9 Å². The standard InChI is InChI=1S/C28H35N3O3/c1-28(2,3)22-10-9-21-18-25(29-24(21)19-22)27(33)31-15-5-14-30(16-17-31)26(32)13-8-20-6-11-23(34-4)12-7-20/h6-7,9-12,18-19,29H,5,8,13-17H2,1-4H3. The maximum atomic E-state index is 13.2. The Hall–Kier alpha value is -3.28. The minimum atomic E-state index is 0.000963. The van der Waals surface area contributed by atoms with Gasteiger partial charge in [-0.1, -0.05) is 45.0 Å². The zero-order chi connectivity index (χ0) is 24.3. The first kappa shape index (κ1) is 23.9. The van der Waals surface area contributed by atoms with Gasteiger partial charge in [0.15, 0.2) is 0 Å². The Kier molecular flexibility index (Phi) is 6.96. The molecule has 1 fully saturated rings. The molecular formula is C28H35N3O3. The second-order valence-corrected chi connectivity index (χ2v) is 10.1. The van der Waals surface area contributed by atoms with Gasteiger partial charge in [0.1, 0.15) is 11.4 Å². The van der Waals surface area contributed by atoms with E-state index in [1.807, 2.05) is 40.1 Å². The molecule has 1 aliphatic heterocycles. The van der Waals surface area contributed by atoms with E-state index in [-0.39, 0.29) is 17.2 Å². The molecule has 6 nitrogen and oxygen atoms in total. The van der Waals surface area contributed by atoms with Gasteiger partial charge in [-0.05, 0) is 53.6 Å². The molecule has 6 heteroatoms. The van der Waals surface area contributed by atoms with Crippen molar-refractivity contribution < 1.29 is 14.3 Å². The van der Waals surface area contributed by atoms with Crippen molar-refractivity contribution in [2.75, 3.05) is 33.3 Å². The fourth-order valence-electron chi connectivity index (χ4n) is 4.45. The van der Waals surface area contributed by atoms with Crippen LogP contribution >= 0.6 is 0 Å². The van der Waals surface area contributed by atoms with E-state index in [0.717, 1.165) is 28.6 Å². The molecule has 0 saturated carbocycles. The van der Waals surface area contributed by atoms with E-state index in [0.29, 0.717) is 44.7 Å². The molecule has 1 aromatic heterocycles. The number of carbonyl (C=O) groups is 2. The van der Waals surface area contributed by atoms with E-state index in [1.54, 1.807) is 7.11 Å². The third-order valence-electron chi connectivity index (χ3n) is 6.64. The summed E-state index contributed by atoms with van der Waals surface area (Å²) in [5, 5.41) is 1.04. The Bertz CT molecular complexity index is 1160. The van der Waals surface area contributed by atoms with Gasteiger partial charge in [-0.3, -0.25) is 9.59 Å². The molecule has 4 rings (SSSR count). The summed E-state index contributed by atoms with van der Waals surface area (Å²) in [6.07, 6.45) is 1.96. The minimum absolute atomic E-state index is 0.000963. The number of methoxy groups -OCH3 is 1. The largest absolute Gasteiger partial charge is 0.497 e. The lowest BCUT2D eigenvalue weighted by atomic mass is 9.87. The summed E-state index contributed by atoms with van der Waals surface area (Å²) in [5.41, 5.74) is 4.01. The molecule has 0 atom stereocenters. The lowest BCUT2D eigenvalue weighted by molar-refractivity contribution is -0.131. The van der Waals surface area contributed by atoms with Crippen LogP contribution in [0.1, 0.15) is 55.2 Å². The molecule has 2 aromatic carbocycles. The second-order valence-electron chi connectivity index (χ2n) is 10.1. The molecule has 3 aromatic rings. The molecule has 1 N–H and O–H groups in total. The average Bonchev–Trinajstić information content (AvgIpc) is 3.10. The normalized spacial score (nSPS) is 14.8. The van der Waals surface area contributed by atoms with Gasteiger partial charge < -0.3 is 19.5 Å². The summed E-state index contributed by atoms with van der Waals surface area (Å²) in [7, 11) is 1.65. The van der Waals surface area contributed by atoms with Crippen LogP contribution in [0.2, 0.25) is 0 Å². The number of rotatable bonds is 5. The average molecular weight is 462 g/mol. The predicted octanol–water partition coefficient (Wildman–Crippen LogP) is 4.78. The highest BCUT2D eigenvalue weighted by Crippen LogP contribution is 2.26. The maximum absolute atomic E-state index is 13.2. The van der Waals surface area contributed by atoms with Crippen LogP contribution in [0, 0.1) is 0 Å². The summed E-state index contributed by atoms with van der Waals surface area (Å²) >= 11 is 0. The number of aryl methyl sites for hydroxylation is 1. The Morgan fingerprint density at radius 1 is 0.941 bits per heavy atom. The molecule has 0 bridgehead atoms. The van der Waals surface area contributed by atoms with Crippen LogP contribution in [-0.2, 0) is 16.6 Å². The Labute approximate surface area is 201 Å². The molecule has 1 aliphatic rings. The van der Waals surface area contributed by atoms with E-state index >= 15 is 0 Å². The fraction of sp³-hybridized carbons (Fsp3) is 0.429. The van der Waals surface area contributed by atoms with Gasteiger partial charge in [0, 0.05) is 43.5 Å². The number of hydrogen-bond acceptors (Lipinski definition) is 3. The van der Waals surface area contributed by atoms with Crippen molar-refractivity contribution in [1.82, 2.24) is 14.8 Å². The van der Waals surface area contributed by atoms with Crippen LogP contribution in [0.3, 0.4) is 0 Å². The van der Waals surface area contributed by atoms with Crippen LogP contribution < -0.4 is 4.74 Å². The molecular weight excluding hydrogens is 426 g/mol. The van der Waals surface area contributed by atoms with Gasteiger partial charge in [0.25, 0.3) is 5.91 Å². The molecule has 1 saturated heterocycles. The molecule has 0 radical (unpaired) electrons. The topological polar surface area (TPSA) is 65.6 Å². The zero-order valence-electron chi connectivity index (χ0n) is 20.7. The van der Waals surface area contributed by atoms with Crippen LogP contribution in [0.4, 0.5) is 0 Å². The quantitative estimate of drug-likeness (QED) is 0.595. The van der Waals surface area contributed by atoms with Crippen molar-refractivity contribution in [3.63, 3.8) is 0 Å². The molecule has 0 unspecified atom stereocenters. The predicted molar refractivity (Wildman–Crippen MR) is 135 cm³/mol. The lowest BCUT2D eigenvalue weighted by Gasteiger charge is -2.22. The third kappa shape index (κ3) is 5.44. The van der Waals surface area contributed by atoms with E-state index < -0.39 is 0 Å². The van der Waals surface area contributed by atoms with Crippen molar-refractivity contribution in [3.8, 4) is 5.75 Å². The highest BCUT2D eigenvalue weighted by molar-refractivity contribution is 5.98. The van der Waals surface area contributed by atoms with Crippen LogP contribution in [-0.4, -0.2) is 59.9 Å². The SMILES string of the molecule is COc1ccc(CCC(=O)N2CCCN(C(=O)c3cc4ccc(C(C)(C)C)cc4[nH]3)CC2)cc1. The van der Waals surface area contributed by atoms with Gasteiger partial charge in [-0.15, -0.1) is 0 Å². The van der Waals surface area contributed by atoms with E-state index in [9.17, 15) is 9.59 Å². The first-order chi connectivity index (χ1) is 16.2. The molecule has 2 amide bonds. The summed E-state index contributed by atoms with van der Waals surface area (Å²) in [6, 6.07) is 16.1. The minimum Gasteiger partial charge on any atom is -0.497 e. The number of ether oxygens (including phenoxy) is 1. The molecule has 0 aliphatic carbocycles. The molecule has 34 heavy (non-hydrogen) atoms. The van der Waals surface area contributed by atoms with Crippen LogP contribution in [0.15, 0.2) is 48.5 Å². The highest BCUT2D eigenvalue weighted by Gasteiger charge is 2.24. The Morgan fingerprint density at radius 2 is 1.65 bits per heavy atom. The summed E-state index contributed by atoms with van der Waals surface area (Å²) in [4.78, 5) is 33.1. The van der Waals surface area contributed by atoms with Crippen molar-refractivity contribution in [3.05, 3.63) is 65.4 Å². The maximum Gasteiger partial charge on any atom is 0.270 e. The van der Waals surface area contributed by atoms with Gasteiger partial charge in [0.2, 0.25) is 5.91 Å². The number of aromatic nitrogens is 1. The molecule has 0 spiro atoms. The molecule has 180 valence electrons. The lowest BCUT2D eigenvalue weighted by Crippen LogP contribution is -2.37. The van der Waals surface area contributed by atoms with E-state index in [1.165, 1.54) is 5.56 Å². The fourth-order valence-corrected chi connectivity index (χ4v) is 4.45. The number of fused-ring (bicyclic) bond motifs is 1. The van der Waals surface area contributed by atoms with Crippen LogP contribution in [0.5, 0.6) is 5.75 Å². The third-order valence-corrected chi connectivity index (χ3v) is 6.64. The number of hydrogen-bond donors (Lipinski definition) is 1. The summed E-state index contributed by atoms with van der Waals surface area (Å²) in [6.45, 7) is 9.02. The number of carbonyl (C=O) groups excluding carboxylic acids is 2. The number of nitrogens with one attached hydrogen (secondary N) is 1. The van der Waals surface area contributed by atoms with Gasteiger partial charge in [0.05, 0.1) is 7.11 Å². The number of H-pyrrole nitrogens is 1. The Balaban J connectivity index is 1.35. The number of aromatic amines is 1. The van der Waals surface area contributed by atoms with Crippen molar-refractivity contribution in [2.45, 2.75) is 45.4 Å². The van der Waals surface area contributed by atoms with Gasteiger partial charge in [-0.25, -0.2) is 0 Å². The smallest absolute Gasteiger partial charge is 0.270 e. The van der Waals surface area contributed by atoms with E-state index in [2.05, 4.69) is 44.0 Å². The highest BCUT2D eigenvalue weighted by atomic mass is 16.5. The second kappa shape index (κ2) is 9.92. The number of nitrogens with zero attached hydrogens (tertiary/aromatic N) is 2. The number of amides is 2. The van der Waals surface area contributed by atoms with Gasteiger partial charge in [-0.2, -0.15) is 0 Å². The van der Waals surface area contributed by atoms with E-state index in [4.69, 9.17) is 4.74 Å². The Morgan fingerprint density at radius 3 is 2.35 bits per heavy atom. The first-order valence-electron chi connectivity index (χ1n) is 12.1. The van der Waals surface area contributed by atoms with Crippen molar-refractivity contribution in [1.29, 1.82) is 0 Å². The van der Waals surface area contributed by atoms with Crippen molar-refractivity contribution in [2.24, 2.45) is 0 Å². The monoisotopic (exact) mass is 461 g/mol. The summed E-state index contributed by atoms with van der Waals surface area (Å²) in [5.74, 6) is 0.962.